The van der Waals surface area contributed by atoms with Gasteiger partial charge in [0.25, 0.3) is 0 Å². The normalized spacial score (nSPS) is 18.3. The number of anilines is 1. The molecule has 0 amide bonds. The molecule has 4 nitrogen and oxygen atoms in total. The molecule has 1 heterocycles. The summed E-state index contributed by atoms with van der Waals surface area (Å²) in [5.74, 6) is -0.728. The molecule has 1 saturated heterocycles. The van der Waals surface area contributed by atoms with Crippen LogP contribution < -0.4 is 4.90 Å². The Labute approximate surface area is 118 Å². The second-order valence-corrected chi connectivity index (χ2v) is 5.14. The van der Waals surface area contributed by atoms with Gasteiger partial charge in [-0.3, -0.25) is 9.69 Å². The lowest BCUT2D eigenvalue weighted by atomic mass is 10.1. The Hall–Kier alpha value is -1.26. The predicted molar refractivity (Wildman–Crippen MR) is 77.0 cm³/mol. The van der Waals surface area contributed by atoms with E-state index in [4.69, 9.17) is 11.6 Å². The Balaban J connectivity index is 2.00. The van der Waals surface area contributed by atoms with Crippen LogP contribution >= 0.6 is 11.6 Å². The summed E-state index contributed by atoms with van der Waals surface area (Å²) in [4.78, 5) is 15.4. The average Bonchev–Trinajstić information content (AvgIpc) is 2.41. The van der Waals surface area contributed by atoms with Crippen LogP contribution in [0.1, 0.15) is 13.3 Å². The molecule has 0 aromatic heterocycles. The van der Waals surface area contributed by atoms with Gasteiger partial charge in [0.05, 0.1) is 10.7 Å². The topological polar surface area (TPSA) is 43.8 Å². The van der Waals surface area contributed by atoms with Gasteiger partial charge in [-0.25, -0.2) is 0 Å². The molecule has 0 bridgehead atoms. The second kappa shape index (κ2) is 6.26. The van der Waals surface area contributed by atoms with E-state index in [1.54, 1.807) is 0 Å². The van der Waals surface area contributed by atoms with Crippen molar-refractivity contribution < 1.29 is 9.90 Å². The molecule has 1 atom stereocenters. The third kappa shape index (κ3) is 3.19. The molecule has 0 spiro atoms. The van der Waals surface area contributed by atoms with Crippen LogP contribution in [0.3, 0.4) is 0 Å². The summed E-state index contributed by atoms with van der Waals surface area (Å²) >= 11 is 6.18. The Morgan fingerprint density at radius 2 is 1.95 bits per heavy atom. The van der Waals surface area contributed by atoms with Crippen molar-refractivity contribution in [3.63, 3.8) is 0 Å². The third-order valence-electron chi connectivity index (χ3n) is 3.62. The van der Waals surface area contributed by atoms with E-state index in [9.17, 15) is 9.90 Å². The summed E-state index contributed by atoms with van der Waals surface area (Å²) in [7, 11) is 0. The van der Waals surface area contributed by atoms with Crippen molar-refractivity contribution in [1.82, 2.24) is 4.90 Å². The summed E-state index contributed by atoms with van der Waals surface area (Å²) in [6.07, 6.45) is 0.640. The van der Waals surface area contributed by atoms with E-state index >= 15 is 0 Å². The van der Waals surface area contributed by atoms with Crippen LogP contribution in [-0.2, 0) is 4.79 Å². The standard InChI is InChI=1S/C14H19ClN2O2/c1-2-12(14(18)19)16-7-9-17(10-8-16)13-6-4-3-5-11(13)15/h3-6,12H,2,7-10H2,1H3,(H,18,19)/t12-/m1/s1. The Morgan fingerprint density at radius 1 is 1.32 bits per heavy atom. The number of hydrogen-bond acceptors (Lipinski definition) is 3. The molecule has 0 radical (unpaired) electrons. The van der Waals surface area contributed by atoms with E-state index in [0.717, 1.165) is 36.9 Å². The zero-order chi connectivity index (χ0) is 13.8. The number of para-hydroxylation sites is 1. The van der Waals surface area contributed by atoms with E-state index in [1.807, 2.05) is 36.1 Å². The van der Waals surface area contributed by atoms with Gasteiger partial charge in [0.2, 0.25) is 0 Å². The molecule has 1 aliphatic rings. The van der Waals surface area contributed by atoms with Crippen molar-refractivity contribution in [2.45, 2.75) is 19.4 Å². The van der Waals surface area contributed by atoms with Crippen molar-refractivity contribution >= 4 is 23.3 Å². The maximum atomic E-state index is 11.2. The van der Waals surface area contributed by atoms with Crippen molar-refractivity contribution in [3.05, 3.63) is 29.3 Å². The van der Waals surface area contributed by atoms with Crippen molar-refractivity contribution in [1.29, 1.82) is 0 Å². The number of carboxylic acid groups (broad SMARTS) is 1. The van der Waals surface area contributed by atoms with E-state index in [2.05, 4.69) is 4.90 Å². The van der Waals surface area contributed by atoms with E-state index in [1.165, 1.54) is 0 Å². The first-order valence-electron chi connectivity index (χ1n) is 6.59. The zero-order valence-corrected chi connectivity index (χ0v) is 11.8. The van der Waals surface area contributed by atoms with Crippen LogP contribution in [0.15, 0.2) is 24.3 Å². The van der Waals surface area contributed by atoms with Crippen LogP contribution in [0.25, 0.3) is 0 Å². The first kappa shape index (κ1) is 14.2. The lowest BCUT2D eigenvalue weighted by Gasteiger charge is -2.38. The zero-order valence-electron chi connectivity index (χ0n) is 11.1. The molecule has 0 saturated carbocycles. The quantitative estimate of drug-likeness (QED) is 0.920. The first-order valence-corrected chi connectivity index (χ1v) is 6.97. The number of hydrogen-bond donors (Lipinski definition) is 1. The highest BCUT2D eigenvalue weighted by molar-refractivity contribution is 6.33. The lowest BCUT2D eigenvalue weighted by Crippen LogP contribution is -2.52. The second-order valence-electron chi connectivity index (χ2n) is 4.74. The third-order valence-corrected chi connectivity index (χ3v) is 3.94. The average molecular weight is 283 g/mol. The van der Waals surface area contributed by atoms with Gasteiger partial charge in [-0.2, -0.15) is 0 Å². The molecule has 1 fully saturated rings. The molecule has 1 aromatic carbocycles. The van der Waals surface area contributed by atoms with Crippen molar-refractivity contribution in [2.75, 3.05) is 31.1 Å². The Kier molecular flexibility index (Phi) is 4.66. The van der Waals surface area contributed by atoms with Crippen LogP contribution in [-0.4, -0.2) is 48.2 Å². The van der Waals surface area contributed by atoms with Gasteiger partial charge < -0.3 is 10.0 Å². The molecular formula is C14H19ClN2O2. The Morgan fingerprint density at radius 3 is 2.47 bits per heavy atom. The van der Waals surface area contributed by atoms with Crippen LogP contribution in [0.5, 0.6) is 0 Å². The SMILES string of the molecule is CC[C@H](C(=O)O)N1CCN(c2ccccc2Cl)CC1. The fraction of sp³-hybridized carbons (Fsp3) is 0.500. The number of aliphatic carboxylic acids is 1. The number of rotatable bonds is 4. The van der Waals surface area contributed by atoms with E-state index in [0.29, 0.717) is 6.42 Å². The van der Waals surface area contributed by atoms with Gasteiger partial charge in [0.1, 0.15) is 6.04 Å². The molecule has 0 unspecified atom stereocenters. The number of halogens is 1. The fourth-order valence-corrected chi connectivity index (χ4v) is 2.83. The molecular weight excluding hydrogens is 264 g/mol. The minimum absolute atomic E-state index is 0.367. The monoisotopic (exact) mass is 282 g/mol. The smallest absolute Gasteiger partial charge is 0.320 e. The van der Waals surface area contributed by atoms with Gasteiger partial charge in [0.15, 0.2) is 0 Å². The summed E-state index contributed by atoms with van der Waals surface area (Å²) in [5.41, 5.74) is 1.03. The summed E-state index contributed by atoms with van der Waals surface area (Å²) in [6.45, 7) is 5.06. The van der Waals surface area contributed by atoms with Crippen LogP contribution in [0, 0.1) is 0 Å². The van der Waals surface area contributed by atoms with E-state index < -0.39 is 5.97 Å². The molecule has 2 rings (SSSR count). The van der Waals surface area contributed by atoms with Crippen LogP contribution in [0.4, 0.5) is 5.69 Å². The maximum Gasteiger partial charge on any atom is 0.320 e. The van der Waals surface area contributed by atoms with Gasteiger partial charge in [0, 0.05) is 26.2 Å². The predicted octanol–water partition coefficient (Wildman–Crippen LogP) is 2.33. The molecule has 5 heteroatoms. The van der Waals surface area contributed by atoms with Crippen molar-refractivity contribution in [2.24, 2.45) is 0 Å². The minimum Gasteiger partial charge on any atom is -0.480 e. The molecule has 1 N–H and O–H groups in total. The highest BCUT2D eigenvalue weighted by Gasteiger charge is 2.27. The summed E-state index contributed by atoms with van der Waals surface area (Å²) in [6, 6.07) is 7.41. The number of nitrogens with zero attached hydrogens (tertiary/aromatic N) is 2. The maximum absolute atomic E-state index is 11.2. The Bertz CT molecular complexity index is 445. The van der Waals surface area contributed by atoms with Crippen molar-refractivity contribution in [3.8, 4) is 0 Å². The highest BCUT2D eigenvalue weighted by Crippen LogP contribution is 2.26. The largest absolute Gasteiger partial charge is 0.480 e. The number of carboxylic acids is 1. The number of benzene rings is 1. The summed E-state index contributed by atoms with van der Waals surface area (Å²) < 4.78 is 0. The molecule has 104 valence electrons. The minimum atomic E-state index is -0.728. The number of carbonyl (C=O) groups is 1. The fourth-order valence-electron chi connectivity index (χ4n) is 2.57. The summed E-state index contributed by atoms with van der Waals surface area (Å²) in [5, 5.41) is 9.93. The lowest BCUT2D eigenvalue weighted by molar-refractivity contribution is -0.143. The van der Waals surface area contributed by atoms with Gasteiger partial charge in [-0.05, 0) is 18.6 Å². The van der Waals surface area contributed by atoms with Crippen LogP contribution in [0.2, 0.25) is 5.02 Å². The molecule has 0 aliphatic carbocycles. The van der Waals surface area contributed by atoms with Gasteiger partial charge in [-0.15, -0.1) is 0 Å². The number of piperazine rings is 1. The van der Waals surface area contributed by atoms with Gasteiger partial charge in [-0.1, -0.05) is 30.7 Å². The molecule has 1 aromatic rings. The van der Waals surface area contributed by atoms with E-state index in [-0.39, 0.29) is 6.04 Å². The molecule has 19 heavy (non-hydrogen) atoms. The molecule has 1 aliphatic heterocycles. The van der Waals surface area contributed by atoms with Gasteiger partial charge >= 0.3 is 5.97 Å². The first-order chi connectivity index (χ1) is 9.13. The highest BCUT2D eigenvalue weighted by atomic mass is 35.5.